The molecular formula is C16H17FN2O4S2. The third kappa shape index (κ3) is 3.47. The predicted octanol–water partition coefficient (Wildman–Crippen LogP) is 2.26. The second-order valence-corrected chi connectivity index (χ2v) is 9.50. The second-order valence-electron chi connectivity index (χ2n) is 5.94. The van der Waals surface area contributed by atoms with Crippen molar-refractivity contribution < 1.29 is 21.2 Å². The molecule has 0 unspecified atom stereocenters. The molecule has 0 saturated heterocycles. The number of rotatable bonds is 4. The molecular weight excluding hydrogens is 367 g/mol. The number of sulfonamides is 2. The van der Waals surface area contributed by atoms with E-state index in [0.29, 0.717) is 18.7 Å². The van der Waals surface area contributed by atoms with E-state index in [0.717, 1.165) is 24.0 Å². The summed E-state index contributed by atoms with van der Waals surface area (Å²) in [6, 6.07) is 8.21. The Morgan fingerprint density at radius 1 is 1.08 bits per heavy atom. The highest BCUT2D eigenvalue weighted by atomic mass is 32.2. The number of hydrogen-bond acceptors (Lipinski definition) is 4. The lowest BCUT2D eigenvalue weighted by atomic mass is 10.1. The van der Waals surface area contributed by atoms with Crippen LogP contribution in [-0.4, -0.2) is 29.6 Å². The van der Waals surface area contributed by atoms with Crippen LogP contribution < -0.4 is 9.03 Å². The Labute approximate surface area is 146 Å². The van der Waals surface area contributed by atoms with Crippen molar-refractivity contribution in [1.82, 2.24) is 0 Å². The fourth-order valence-electron chi connectivity index (χ4n) is 2.88. The molecule has 0 amide bonds. The first kappa shape index (κ1) is 17.7. The van der Waals surface area contributed by atoms with Crippen LogP contribution in [0, 0.1) is 12.7 Å². The minimum absolute atomic E-state index is 0.0330. The summed E-state index contributed by atoms with van der Waals surface area (Å²) in [5.41, 5.74) is 1.84. The van der Waals surface area contributed by atoms with Gasteiger partial charge in [0.25, 0.3) is 10.0 Å². The number of nitrogens with one attached hydrogen (secondary N) is 1. The zero-order valence-corrected chi connectivity index (χ0v) is 15.3. The summed E-state index contributed by atoms with van der Waals surface area (Å²) in [7, 11) is -7.34. The molecule has 1 heterocycles. The van der Waals surface area contributed by atoms with Crippen LogP contribution in [0.2, 0.25) is 0 Å². The maximum absolute atomic E-state index is 13.2. The average Bonchev–Trinajstić information content (AvgIpc) is 2.89. The molecule has 1 aliphatic rings. The van der Waals surface area contributed by atoms with Crippen molar-refractivity contribution in [2.45, 2.75) is 18.2 Å². The Bertz CT molecular complexity index is 1050. The highest BCUT2D eigenvalue weighted by molar-refractivity contribution is 7.93. The van der Waals surface area contributed by atoms with Gasteiger partial charge in [0.15, 0.2) is 0 Å². The zero-order valence-electron chi connectivity index (χ0n) is 13.7. The van der Waals surface area contributed by atoms with E-state index in [-0.39, 0.29) is 16.1 Å². The molecule has 134 valence electrons. The molecule has 3 rings (SSSR count). The van der Waals surface area contributed by atoms with E-state index < -0.39 is 25.9 Å². The number of aryl methyl sites for hydroxylation is 1. The number of fused-ring (bicyclic) bond motifs is 1. The Morgan fingerprint density at radius 2 is 1.80 bits per heavy atom. The van der Waals surface area contributed by atoms with E-state index in [1.54, 1.807) is 12.1 Å². The fraction of sp³-hybridized carbons (Fsp3) is 0.250. The van der Waals surface area contributed by atoms with Crippen LogP contribution in [0.15, 0.2) is 41.3 Å². The van der Waals surface area contributed by atoms with Crippen LogP contribution in [0.3, 0.4) is 0 Å². The van der Waals surface area contributed by atoms with Gasteiger partial charge in [0.05, 0.1) is 22.5 Å². The molecule has 6 nitrogen and oxygen atoms in total. The number of halogens is 1. The van der Waals surface area contributed by atoms with Gasteiger partial charge in [-0.2, -0.15) is 0 Å². The van der Waals surface area contributed by atoms with E-state index in [4.69, 9.17) is 0 Å². The van der Waals surface area contributed by atoms with Crippen LogP contribution in [0.5, 0.6) is 0 Å². The third-order valence-electron chi connectivity index (χ3n) is 4.02. The molecule has 0 atom stereocenters. The van der Waals surface area contributed by atoms with Crippen molar-refractivity contribution in [2.75, 3.05) is 21.8 Å². The van der Waals surface area contributed by atoms with Gasteiger partial charge in [-0.3, -0.25) is 9.03 Å². The Morgan fingerprint density at radius 3 is 2.44 bits per heavy atom. The molecule has 0 saturated carbocycles. The maximum atomic E-state index is 13.2. The Balaban J connectivity index is 1.96. The van der Waals surface area contributed by atoms with E-state index in [1.807, 2.05) is 0 Å². The maximum Gasteiger partial charge on any atom is 0.262 e. The van der Waals surface area contributed by atoms with Gasteiger partial charge in [-0.05, 0) is 54.8 Å². The van der Waals surface area contributed by atoms with Crippen molar-refractivity contribution in [3.8, 4) is 0 Å². The quantitative estimate of drug-likeness (QED) is 0.876. The lowest BCUT2D eigenvalue weighted by molar-refractivity contribution is 0.596. The highest BCUT2D eigenvalue weighted by Gasteiger charge is 2.27. The Kier molecular flexibility index (Phi) is 4.24. The summed E-state index contributed by atoms with van der Waals surface area (Å²) in [6.07, 6.45) is 1.69. The van der Waals surface area contributed by atoms with Gasteiger partial charge >= 0.3 is 0 Å². The summed E-state index contributed by atoms with van der Waals surface area (Å²) < 4.78 is 65.6. The van der Waals surface area contributed by atoms with Gasteiger partial charge < -0.3 is 0 Å². The summed E-state index contributed by atoms with van der Waals surface area (Å²) in [5, 5.41) is 0. The molecule has 0 aromatic heterocycles. The first-order valence-electron chi connectivity index (χ1n) is 7.47. The molecule has 0 radical (unpaired) electrons. The molecule has 1 aliphatic heterocycles. The van der Waals surface area contributed by atoms with Gasteiger partial charge in [-0.15, -0.1) is 0 Å². The molecule has 9 heteroatoms. The molecule has 2 aromatic carbocycles. The topological polar surface area (TPSA) is 83.6 Å². The van der Waals surface area contributed by atoms with E-state index in [9.17, 15) is 21.2 Å². The molecule has 1 N–H and O–H groups in total. The molecule has 0 fully saturated rings. The van der Waals surface area contributed by atoms with Crippen molar-refractivity contribution in [1.29, 1.82) is 0 Å². The van der Waals surface area contributed by atoms with Crippen molar-refractivity contribution >= 4 is 31.4 Å². The lowest BCUT2D eigenvalue weighted by Gasteiger charge is -2.17. The minimum Gasteiger partial charge on any atom is -0.280 e. The molecule has 2 aromatic rings. The smallest absolute Gasteiger partial charge is 0.262 e. The predicted molar refractivity (Wildman–Crippen MR) is 94.3 cm³/mol. The van der Waals surface area contributed by atoms with Crippen molar-refractivity contribution in [3.05, 3.63) is 53.3 Å². The van der Waals surface area contributed by atoms with Crippen molar-refractivity contribution in [3.63, 3.8) is 0 Å². The van der Waals surface area contributed by atoms with Gasteiger partial charge in [-0.25, -0.2) is 21.2 Å². The van der Waals surface area contributed by atoms with Crippen LogP contribution in [0.25, 0.3) is 0 Å². The Hall–Kier alpha value is -2.13. The fourth-order valence-corrected chi connectivity index (χ4v) is 5.11. The second kappa shape index (κ2) is 5.99. The van der Waals surface area contributed by atoms with E-state index in [2.05, 4.69) is 4.72 Å². The van der Waals surface area contributed by atoms with Gasteiger partial charge in [0.1, 0.15) is 5.82 Å². The van der Waals surface area contributed by atoms with Crippen LogP contribution in [0.4, 0.5) is 15.8 Å². The number of anilines is 2. The standard InChI is InChI=1S/C16H17FN2O4S2/c1-11-9-13(17)4-6-16(11)25(22,23)18-14-5-3-12-7-8-19(15(12)10-14)24(2,20)21/h3-6,9-10,18H,7-8H2,1-2H3. The number of benzene rings is 2. The summed E-state index contributed by atoms with van der Waals surface area (Å²) in [5.74, 6) is -0.516. The SMILES string of the molecule is Cc1cc(F)ccc1S(=O)(=O)Nc1ccc2c(c1)N(S(C)(=O)=O)CC2. The third-order valence-corrected chi connectivity index (χ3v) is 6.74. The summed E-state index contributed by atoms with van der Waals surface area (Å²) in [4.78, 5) is -0.0330. The van der Waals surface area contributed by atoms with E-state index in [1.165, 1.54) is 23.4 Å². The zero-order chi connectivity index (χ0) is 18.4. The average molecular weight is 384 g/mol. The molecule has 25 heavy (non-hydrogen) atoms. The monoisotopic (exact) mass is 384 g/mol. The largest absolute Gasteiger partial charge is 0.280 e. The number of hydrogen-bond donors (Lipinski definition) is 1. The van der Waals surface area contributed by atoms with Crippen LogP contribution in [-0.2, 0) is 26.5 Å². The highest BCUT2D eigenvalue weighted by Crippen LogP contribution is 2.33. The van der Waals surface area contributed by atoms with Gasteiger partial charge in [0.2, 0.25) is 10.0 Å². The molecule has 0 bridgehead atoms. The van der Waals surface area contributed by atoms with E-state index >= 15 is 0 Å². The molecule has 0 aliphatic carbocycles. The lowest BCUT2D eigenvalue weighted by Crippen LogP contribution is -2.27. The first-order chi connectivity index (χ1) is 11.6. The van der Waals surface area contributed by atoms with Crippen LogP contribution in [0.1, 0.15) is 11.1 Å². The number of nitrogens with zero attached hydrogens (tertiary/aromatic N) is 1. The van der Waals surface area contributed by atoms with Crippen LogP contribution >= 0.6 is 0 Å². The minimum atomic E-state index is -3.92. The first-order valence-corrected chi connectivity index (χ1v) is 10.8. The normalized spacial score (nSPS) is 14.4. The summed E-state index contributed by atoms with van der Waals surface area (Å²) >= 11 is 0. The summed E-state index contributed by atoms with van der Waals surface area (Å²) in [6.45, 7) is 1.84. The van der Waals surface area contributed by atoms with Gasteiger partial charge in [0, 0.05) is 6.54 Å². The molecule has 0 spiro atoms. The van der Waals surface area contributed by atoms with Gasteiger partial charge in [-0.1, -0.05) is 6.07 Å². The van der Waals surface area contributed by atoms with Crippen molar-refractivity contribution in [2.24, 2.45) is 0 Å².